The molecule has 18 heavy (non-hydrogen) atoms. The Labute approximate surface area is 105 Å². The summed E-state index contributed by atoms with van der Waals surface area (Å²) in [4.78, 5) is 8.65. The minimum atomic E-state index is 0.842. The number of nitrogens with one attached hydrogen (secondary N) is 3. The molecule has 0 saturated carbocycles. The van der Waals surface area contributed by atoms with Gasteiger partial charge in [0, 0.05) is 24.8 Å². The Bertz CT molecular complexity index is 507. The van der Waals surface area contributed by atoms with E-state index in [-0.39, 0.29) is 0 Å². The van der Waals surface area contributed by atoms with Gasteiger partial charge in [0.2, 0.25) is 0 Å². The van der Waals surface area contributed by atoms with Crippen molar-refractivity contribution in [3.8, 4) is 0 Å². The Hall–Kier alpha value is -1.95. The van der Waals surface area contributed by atoms with Crippen LogP contribution < -0.4 is 10.6 Å². The number of aromatic nitrogens is 4. The van der Waals surface area contributed by atoms with E-state index in [4.69, 9.17) is 0 Å². The van der Waals surface area contributed by atoms with Crippen molar-refractivity contribution < 1.29 is 0 Å². The number of hydrogen-bond acceptors (Lipinski definition) is 5. The minimum Gasteiger partial charge on any atom is -0.369 e. The van der Waals surface area contributed by atoms with Crippen LogP contribution in [0.4, 0.5) is 5.82 Å². The highest BCUT2D eigenvalue weighted by molar-refractivity contribution is 5.47. The van der Waals surface area contributed by atoms with Crippen molar-refractivity contribution in [1.29, 1.82) is 0 Å². The van der Waals surface area contributed by atoms with Gasteiger partial charge < -0.3 is 10.6 Å². The molecule has 0 unspecified atom stereocenters. The van der Waals surface area contributed by atoms with Crippen molar-refractivity contribution in [3.05, 3.63) is 35.5 Å². The number of hydrogen-bond donors (Lipinski definition) is 3. The van der Waals surface area contributed by atoms with E-state index < -0.39 is 0 Å². The highest BCUT2D eigenvalue weighted by Gasteiger charge is 2.14. The molecule has 2 aromatic rings. The maximum Gasteiger partial charge on any atom is 0.132 e. The summed E-state index contributed by atoms with van der Waals surface area (Å²) in [6.45, 7) is 2.70. The summed E-state index contributed by atoms with van der Waals surface area (Å²) in [6.07, 6.45) is 7.33. The number of rotatable bonds is 4. The van der Waals surface area contributed by atoms with Crippen molar-refractivity contribution in [2.45, 2.75) is 19.4 Å². The summed E-state index contributed by atoms with van der Waals surface area (Å²) in [7, 11) is 0. The van der Waals surface area contributed by atoms with Gasteiger partial charge in [-0.05, 0) is 24.9 Å². The van der Waals surface area contributed by atoms with Crippen LogP contribution in [0.3, 0.4) is 0 Å². The molecule has 6 heteroatoms. The minimum absolute atomic E-state index is 0.842. The van der Waals surface area contributed by atoms with Gasteiger partial charge in [-0.15, -0.1) is 0 Å². The van der Waals surface area contributed by atoms with E-state index in [0.29, 0.717) is 0 Å². The van der Waals surface area contributed by atoms with Gasteiger partial charge in [-0.25, -0.2) is 9.97 Å². The third-order valence-corrected chi connectivity index (χ3v) is 3.14. The number of nitrogens with zero attached hydrogens (tertiary/aromatic N) is 3. The van der Waals surface area contributed by atoms with Crippen molar-refractivity contribution in [2.24, 2.45) is 0 Å². The number of anilines is 1. The molecule has 0 radical (unpaired) electrons. The van der Waals surface area contributed by atoms with Gasteiger partial charge in [-0.2, -0.15) is 5.10 Å². The second-order valence-electron chi connectivity index (χ2n) is 4.36. The lowest BCUT2D eigenvalue weighted by atomic mass is 10.1. The Kier molecular flexibility index (Phi) is 3.18. The van der Waals surface area contributed by atoms with Crippen LogP contribution in [-0.4, -0.2) is 33.3 Å². The predicted octanol–water partition coefficient (Wildman–Crippen LogP) is 0.500. The number of H-pyrrole nitrogens is 1. The average molecular weight is 244 g/mol. The first-order chi connectivity index (χ1) is 8.93. The largest absolute Gasteiger partial charge is 0.369 e. The van der Waals surface area contributed by atoms with Crippen LogP contribution in [-0.2, 0) is 19.4 Å². The number of fused-ring (bicyclic) bond motifs is 1. The lowest BCUT2D eigenvalue weighted by Crippen LogP contribution is -2.26. The fourth-order valence-electron chi connectivity index (χ4n) is 2.18. The summed E-state index contributed by atoms with van der Waals surface area (Å²) in [6, 6.07) is 0. The smallest absolute Gasteiger partial charge is 0.132 e. The molecule has 0 atom stereocenters. The zero-order valence-electron chi connectivity index (χ0n) is 10.1. The first-order valence-corrected chi connectivity index (χ1v) is 6.18. The van der Waals surface area contributed by atoms with Crippen molar-refractivity contribution in [1.82, 2.24) is 25.5 Å². The SMILES string of the molecule is c1nc2c(c(NCCc3cn[nH]c3)n1)CCNC2. The molecule has 0 aromatic carbocycles. The van der Waals surface area contributed by atoms with Crippen LogP contribution in [0.25, 0.3) is 0 Å². The lowest BCUT2D eigenvalue weighted by molar-refractivity contribution is 0.624. The molecular weight excluding hydrogens is 228 g/mol. The van der Waals surface area contributed by atoms with Gasteiger partial charge in [-0.3, -0.25) is 5.10 Å². The Morgan fingerprint density at radius 2 is 2.33 bits per heavy atom. The Balaban J connectivity index is 1.65. The standard InChI is InChI=1S/C12H16N6/c1(9-5-17-18-6-9)4-14-12-10-2-3-13-7-11(10)15-8-16-12/h5-6,8,13H,1-4,7H2,(H,17,18)(H,14,15,16). The van der Waals surface area contributed by atoms with E-state index in [1.54, 1.807) is 6.33 Å². The number of aromatic amines is 1. The maximum atomic E-state index is 4.34. The molecule has 0 aliphatic carbocycles. The quantitative estimate of drug-likeness (QED) is 0.730. The first kappa shape index (κ1) is 11.2. The fourth-order valence-corrected chi connectivity index (χ4v) is 2.18. The first-order valence-electron chi connectivity index (χ1n) is 6.18. The van der Waals surface area contributed by atoms with Gasteiger partial charge in [0.25, 0.3) is 0 Å². The van der Waals surface area contributed by atoms with Crippen molar-refractivity contribution in [2.75, 3.05) is 18.4 Å². The van der Waals surface area contributed by atoms with Gasteiger partial charge in [-0.1, -0.05) is 0 Å². The molecule has 0 fully saturated rings. The average Bonchev–Trinajstić information content (AvgIpc) is 2.92. The molecule has 6 nitrogen and oxygen atoms in total. The Morgan fingerprint density at radius 1 is 1.33 bits per heavy atom. The summed E-state index contributed by atoms with van der Waals surface area (Å²) in [5.74, 6) is 0.977. The van der Waals surface area contributed by atoms with Gasteiger partial charge in [0.05, 0.1) is 11.9 Å². The molecule has 1 aliphatic heterocycles. The van der Waals surface area contributed by atoms with Crippen LogP contribution in [0.5, 0.6) is 0 Å². The second-order valence-corrected chi connectivity index (χ2v) is 4.36. The molecule has 0 saturated heterocycles. The molecule has 0 bridgehead atoms. The molecule has 0 amide bonds. The molecule has 1 aliphatic rings. The van der Waals surface area contributed by atoms with Crippen molar-refractivity contribution >= 4 is 5.82 Å². The van der Waals surface area contributed by atoms with Crippen LogP contribution in [0.15, 0.2) is 18.7 Å². The van der Waals surface area contributed by atoms with E-state index in [1.165, 1.54) is 11.1 Å². The van der Waals surface area contributed by atoms with E-state index in [1.807, 2.05) is 12.4 Å². The topological polar surface area (TPSA) is 78.5 Å². The van der Waals surface area contributed by atoms with E-state index >= 15 is 0 Å². The lowest BCUT2D eigenvalue weighted by Gasteiger charge is -2.18. The van der Waals surface area contributed by atoms with Crippen molar-refractivity contribution in [3.63, 3.8) is 0 Å². The summed E-state index contributed by atoms with van der Waals surface area (Å²) in [5, 5.41) is 13.5. The zero-order valence-corrected chi connectivity index (χ0v) is 10.1. The summed E-state index contributed by atoms with van der Waals surface area (Å²) >= 11 is 0. The molecule has 94 valence electrons. The molecule has 3 heterocycles. The van der Waals surface area contributed by atoms with Gasteiger partial charge in [0.15, 0.2) is 0 Å². The molecule has 0 spiro atoms. The highest BCUT2D eigenvalue weighted by atomic mass is 15.1. The van der Waals surface area contributed by atoms with Crippen LogP contribution in [0.1, 0.15) is 16.8 Å². The zero-order chi connectivity index (χ0) is 12.2. The molecule has 3 N–H and O–H groups in total. The van der Waals surface area contributed by atoms with Gasteiger partial charge in [0.1, 0.15) is 12.1 Å². The third kappa shape index (κ3) is 2.33. The third-order valence-electron chi connectivity index (χ3n) is 3.14. The van der Waals surface area contributed by atoms with Crippen LogP contribution in [0, 0.1) is 0 Å². The normalized spacial score (nSPS) is 14.2. The maximum absolute atomic E-state index is 4.34. The van der Waals surface area contributed by atoms with Gasteiger partial charge >= 0.3 is 0 Å². The predicted molar refractivity (Wildman–Crippen MR) is 68.2 cm³/mol. The van der Waals surface area contributed by atoms with Crippen LogP contribution in [0.2, 0.25) is 0 Å². The van der Waals surface area contributed by atoms with E-state index in [9.17, 15) is 0 Å². The van der Waals surface area contributed by atoms with Crippen LogP contribution >= 0.6 is 0 Å². The monoisotopic (exact) mass is 244 g/mol. The molecule has 3 rings (SSSR count). The van der Waals surface area contributed by atoms with E-state index in [0.717, 1.165) is 44.0 Å². The van der Waals surface area contributed by atoms with E-state index in [2.05, 4.69) is 30.8 Å². The fraction of sp³-hybridized carbons (Fsp3) is 0.417. The molecular formula is C12H16N6. The Morgan fingerprint density at radius 3 is 3.22 bits per heavy atom. The second kappa shape index (κ2) is 5.14. The highest BCUT2D eigenvalue weighted by Crippen LogP contribution is 2.18. The summed E-state index contributed by atoms with van der Waals surface area (Å²) in [5.41, 5.74) is 3.57. The molecule has 2 aromatic heterocycles. The summed E-state index contributed by atoms with van der Waals surface area (Å²) < 4.78 is 0.